The first-order valence-electron chi connectivity index (χ1n) is 9.78. The third kappa shape index (κ3) is 6.35. The summed E-state index contributed by atoms with van der Waals surface area (Å²) in [5, 5.41) is 26.2. The number of hydrogen-bond acceptors (Lipinski definition) is 7. The molecular weight excluding hydrogens is 448 g/mol. The number of carbonyl (C=O) groups is 1. The zero-order chi connectivity index (χ0) is 22.9. The number of carbonyl (C=O) groups excluding carboxylic acids is 1. The summed E-state index contributed by atoms with van der Waals surface area (Å²) >= 11 is 7.20. The number of thioether (sulfide) groups is 1. The van der Waals surface area contributed by atoms with Crippen LogP contribution in [0.5, 0.6) is 5.75 Å². The Balaban J connectivity index is 1.61. The van der Waals surface area contributed by atoms with Gasteiger partial charge in [-0.25, -0.2) is 5.43 Å². The van der Waals surface area contributed by atoms with Crippen molar-refractivity contribution >= 4 is 41.2 Å². The van der Waals surface area contributed by atoms with Crippen molar-refractivity contribution in [2.45, 2.75) is 30.4 Å². The molecule has 10 heteroatoms. The number of hydrazone groups is 1. The molecule has 0 spiro atoms. The number of phenols is 1. The summed E-state index contributed by atoms with van der Waals surface area (Å²) in [6.07, 6.45) is 3.14. The number of amides is 1. The van der Waals surface area contributed by atoms with Crippen molar-refractivity contribution in [1.29, 1.82) is 0 Å². The average Bonchev–Trinajstić information content (AvgIpc) is 3.16. The number of benzene rings is 2. The third-order valence-corrected chi connectivity index (χ3v) is 5.70. The minimum Gasteiger partial charge on any atom is -0.507 e. The van der Waals surface area contributed by atoms with Crippen molar-refractivity contribution in [1.82, 2.24) is 20.2 Å². The van der Waals surface area contributed by atoms with Gasteiger partial charge in [0.05, 0.1) is 18.0 Å². The lowest BCUT2D eigenvalue weighted by molar-refractivity contribution is -0.120. The average molecular weight is 471 g/mol. The van der Waals surface area contributed by atoms with Crippen molar-refractivity contribution in [3.63, 3.8) is 0 Å². The summed E-state index contributed by atoms with van der Waals surface area (Å²) in [6.45, 7) is 6.51. The number of allylic oxidation sites excluding steroid dienone is 1. The highest BCUT2D eigenvalue weighted by atomic mass is 35.5. The zero-order valence-electron chi connectivity index (χ0n) is 17.4. The van der Waals surface area contributed by atoms with Crippen LogP contribution in [0.4, 0.5) is 5.69 Å². The molecule has 3 aromatic rings. The van der Waals surface area contributed by atoms with Crippen molar-refractivity contribution in [3.05, 3.63) is 77.6 Å². The van der Waals surface area contributed by atoms with Crippen LogP contribution in [0.1, 0.15) is 18.3 Å². The molecule has 3 N–H and O–H groups in total. The van der Waals surface area contributed by atoms with Gasteiger partial charge < -0.3 is 15.0 Å². The molecule has 0 radical (unpaired) electrons. The third-order valence-electron chi connectivity index (χ3n) is 4.37. The normalized spacial score (nSPS) is 11.9. The quantitative estimate of drug-likeness (QED) is 0.178. The molecule has 2 aromatic carbocycles. The zero-order valence-corrected chi connectivity index (χ0v) is 19.0. The maximum Gasteiger partial charge on any atom is 0.253 e. The van der Waals surface area contributed by atoms with Gasteiger partial charge in [0.1, 0.15) is 5.75 Å². The number of anilines is 1. The molecule has 3 rings (SSSR count). The van der Waals surface area contributed by atoms with Crippen LogP contribution in [0.2, 0.25) is 5.02 Å². The molecule has 0 saturated carbocycles. The number of halogens is 1. The molecule has 0 aliphatic carbocycles. The minimum absolute atomic E-state index is 0.0881. The van der Waals surface area contributed by atoms with E-state index in [-0.39, 0.29) is 11.7 Å². The fourth-order valence-corrected chi connectivity index (χ4v) is 3.66. The van der Waals surface area contributed by atoms with Gasteiger partial charge in [0.25, 0.3) is 5.91 Å². The molecule has 1 amide bonds. The monoisotopic (exact) mass is 470 g/mol. The Morgan fingerprint density at radius 1 is 1.28 bits per heavy atom. The summed E-state index contributed by atoms with van der Waals surface area (Å²) < 4.78 is 1.90. The minimum atomic E-state index is -0.471. The number of para-hydroxylation sites is 1. The highest BCUT2D eigenvalue weighted by Gasteiger charge is 2.19. The van der Waals surface area contributed by atoms with Crippen LogP contribution >= 0.6 is 23.4 Å². The van der Waals surface area contributed by atoms with E-state index in [0.717, 1.165) is 5.69 Å². The summed E-state index contributed by atoms with van der Waals surface area (Å²) in [5.74, 6) is 0.508. The van der Waals surface area contributed by atoms with Crippen molar-refractivity contribution in [2.24, 2.45) is 5.10 Å². The molecule has 8 nitrogen and oxygen atoms in total. The van der Waals surface area contributed by atoms with E-state index in [1.54, 1.807) is 37.3 Å². The van der Waals surface area contributed by atoms with Gasteiger partial charge in [0.2, 0.25) is 0 Å². The highest BCUT2D eigenvalue weighted by Crippen LogP contribution is 2.23. The van der Waals surface area contributed by atoms with E-state index in [2.05, 4.69) is 32.6 Å². The van der Waals surface area contributed by atoms with E-state index < -0.39 is 5.25 Å². The predicted octanol–water partition coefficient (Wildman–Crippen LogP) is 4.07. The number of rotatable bonds is 10. The Labute approximate surface area is 195 Å². The number of phenolic OH excluding ortho intramolecular Hbond substituents is 1. The number of aromatic hydroxyl groups is 1. The molecule has 0 aliphatic rings. The number of hydrogen-bond donors (Lipinski definition) is 3. The van der Waals surface area contributed by atoms with Crippen LogP contribution in [0.15, 0.2) is 71.4 Å². The molecular formula is C22H23ClN6O2S. The van der Waals surface area contributed by atoms with Gasteiger partial charge in [-0.3, -0.25) is 4.79 Å². The van der Waals surface area contributed by atoms with Crippen LogP contribution in [0.25, 0.3) is 0 Å². The molecule has 1 atom stereocenters. The van der Waals surface area contributed by atoms with Crippen LogP contribution in [0, 0.1) is 0 Å². The summed E-state index contributed by atoms with van der Waals surface area (Å²) in [6, 6.07) is 14.1. The van der Waals surface area contributed by atoms with Crippen molar-refractivity contribution < 1.29 is 9.90 Å². The van der Waals surface area contributed by atoms with E-state index in [1.165, 1.54) is 18.0 Å². The lowest BCUT2D eigenvalue weighted by Gasteiger charge is -2.12. The first-order chi connectivity index (χ1) is 15.5. The number of nitrogens with one attached hydrogen (secondary N) is 2. The Morgan fingerprint density at radius 2 is 2.03 bits per heavy atom. The van der Waals surface area contributed by atoms with E-state index in [9.17, 15) is 9.90 Å². The first kappa shape index (κ1) is 23.4. The van der Waals surface area contributed by atoms with Crippen LogP contribution in [0.3, 0.4) is 0 Å². The summed E-state index contributed by atoms with van der Waals surface area (Å²) in [7, 11) is 0. The first-order valence-corrected chi connectivity index (χ1v) is 11.0. The lowest BCUT2D eigenvalue weighted by atomic mass is 10.2. The van der Waals surface area contributed by atoms with Crippen molar-refractivity contribution in [3.8, 4) is 5.75 Å². The molecule has 166 valence electrons. The van der Waals surface area contributed by atoms with Gasteiger partial charge in [-0.05, 0) is 43.3 Å². The molecule has 0 bridgehead atoms. The molecule has 0 aliphatic heterocycles. The Hall–Kier alpha value is -3.30. The Kier molecular flexibility index (Phi) is 8.29. The van der Waals surface area contributed by atoms with E-state index in [4.69, 9.17) is 11.6 Å². The lowest BCUT2D eigenvalue weighted by Crippen LogP contribution is -2.27. The van der Waals surface area contributed by atoms with Gasteiger partial charge in [-0.2, -0.15) is 5.10 Å². The van der Waals surface area contributed by atoms with Gasteiger partial charge in [-0.15, -0.1) is 16.8 Å². The standard InChI is InChI=1S/C22H23ClN6O2S/c1-3-12-29-20(14-24-18-10-8-17(23)9-11-18)26-28-22(29)32-15(2)21(31)27-25-13-16-6-4-5-7-19(16)30/h3-11,13,15,24,30H,1,12,14H2,2H3,(H,27,31)/t15-/m1/s1. The Morgan fingerprint density at radius 3 is 2.75 bits per heavy atom. The van der Waals surface area contributed by atoms with Gasteiger partial charge >= 0.3 is 0 Å². The Bertz CT molecular complexity index is 1100. The topological polar surface area (TPSA) is 104 Å². The maximum atomic E-state index is 12.4. The summed E-state index contributed by atoms with van der Waals surface area (Å²) in [5.41, 5.74) is 3.91. The number of nitrogens with zero attached hydrogens (tertiary/aromatic N) is 4. The van der Waals surface area contributed by atoms with Crippen molar-refractivity contribution in [2.75, 3.05) is 5.32 Å². The van der Waals surface area contributed by atoms with Gasteiger partial charge in [0.15, 0.2) is 11.0 Å². The molecule has 32 heavy (non-hydrogen) atoms. The fourth-order valence-electron chi connectivity index (χ4n) is 2.66. The molecule has 0 unspecified atom stereocenters. The predicted molar refractivity (Wildman–Crippen MR) is 128 cm³/mol. The second kappa shape index (κ2) is 11.4. The maximum absolute atomic E-state index is 12.4. The van der Waals surface area contributed by atoms with E-state index in [0.29, 0.717) is 34.7 Å². The van der Waals surface area contributed by atoms with Gasteiger partial charge in [0, 0.05) is 22.8 Å². The number of aromatic nitrogens is 3. The van der Waals surface area contributed by atoms with Crippen LogP contribution in [-0.4, -0.2) is 37.2 Å². The fraction of sp³-hybridized carbons (Fsp3) is 0.182. The van der Waals surface area contributed by atoms with E-state index in [1.807, 2.05) is 28.8 Å². The highest BCUT2D eigenvalue weighted by molar-refractivity contribution is 8.00. The van der Waals surface area contributed by atoms with Crippen LogP contribution in [-0.2, 0) is 17.9 Å². The van der Waals surface area contributed by atoms with E-state index >= 15 is 0 Å². The molecule has 1 heterocycles. The van der Waals surface area contributed by atoms with Gasteiger partial charge in [-0.1, -0.05) is 41.6 Å². The largest absolute Gasteiger partial charge is 0.507 e. The second-order valence-electron chi connectivity index (χ2n) is 6.71. The second-order valence-corrected chi connectivity index (χ2v) is 8.46. The SMILES string of the molecule is C=CCn1c(CNc2ccc(Cl)cc2)nnc1S[C@H](C)C(=O)NN=Cc1ccccc1O. The van der Waals surface area contributed by atoms with Crippen LogP contribution < -0.4 is 10.7 Å². The molecule has 1 aromatic heterocycles. The summed E-state index contributed by atoms with van der Waals surface area (Å²) in [4.78, 5) is 12.4. The molecule has 0 fully saturated rings. The molecule has 0 saturated heterocycles. The smallest absolute Gasteiger partial charge is 0.253 e.